The van der Waals surface area contributed by atoms with Gasteiger partial charge in [0, 0.05) is 18.2 Å². The molecule has 126 valence electrons. The lowest BCUT2D eigenvalue weighted by molar-refractivity contribution is 0.170. The Morgan fingerprint density at radius 2 is 1.83 bits per heavy atom. The van der Waals surface area contributed by atoms with Crippen LogP contribution in [0.3, 0.4) is 0 Å². The van der Waals surface area contributed by atoms with Crippen molar-refractivity contribution in [3.63, 3.8) is 0 Å². The molecule has 2 N–H and O–H groups in total. The Hall–Kier alpha value is -2.55. The first kappa shape index (κ1) is 17.8. The van der Waals surface area contributed by atoms with E-state index in [-0.39, 0.29) is 6.04 Å². The Balaban J connectivity index is 2.04. The van der Waals surface area contributed by atoms with Crippen LogP contribution in [-0.4, -0.2) is 25.9 Å². The molecule has 5 nitrogen and oxygen atoms in total. The zero-order valence-electron chi connectivity index (χ0n) is 14.1. The van der Waals surface area contributed by atoms with Crippen molar-refractivity contribution in [3.8, 4) is 17.6 Å². The smallest absolute Gasteiger partial charge is 0.123 e. The Kier molecular flexibility index (Phi) is 6.19. The molecule has 5 heteroatoms. The molecule has 0 aromatic heterocycles. The maximum Gasteiger partial charge on any atom is 0.123 e. The fourth-order valence-electron chi connectivity index (χ4n) is 2.47. The molecule has 0 spiro atoms. The summed E-state index contributed by atoms with van der Waals surface area (Å²) in [6, 6.07) is 14.6. The van der Waals surface area contributed by atoms with E-state index in [9.17, 15) is 5.11 Å². The maximum absolute atomic E-state index is 10.3. The van der Waals surface area contributed by atoms with E-state index in [1.165, 1.54) is 0 Å². The molecule has 0 amide bonds. The summed E-state index contributed by atoms with van der Waals surface area (Å²) in [5.41, 5.74) is 2.31. The molecule has 2 rings (SSSR count). The van der Waals surface area contributed by atoms with E-state index < -0.39 is 6.10 Å². The number of nitrogens with one attached hydrogen (secondary N) is 1. The molecule has 2 atom stereocenters. The van der Waals surface area contributed by atoms with Crippen LogP contribution < -0.4 is 14.8 Å². The number of hydrogen-bond donors (Lipinski definition) is 2. The van der Waals surface area contributed by atoms with Gasteiger partial charge >= 0.3 is 0 Å². The number of aliphatic hydroxyl groups excluding tert-OH is 1. The summed E-state index contributed by atoms with van der Waals surface area (Å²) in [6.07, 6.45) is -0.656. The van der Waals surface area contributed by atoms with Crippen molar-refractivity contribution >= 4 is 0 Å². The number of methoxy groups -OCH3 is 2. The van der Waals surface area contributed by atoms with Crippen LogP contribution in [0.1, 0.15) is 35.8 Å². The number of ether oxygens (including phenoxy) is 2. The lowest BCUT2D eigenvalue weighted by atomic mass is 10.0. The van der Waals surface area contributed by atoms with E-state index in [4.69, 9.17) is 14.7 Å². The molecule has 2 unspecified atom stereocenters. The van der Waals surface area contributed by atoms with E-state index in [1.807, 2.05) is 25.1 Å². The Morgan fingerprint density at radius 3 is 2.42 bits per heavy atom. The van der Waals surface area contributed by atoms with Crippen LogP contribution in [0.2, 0.25) is 0 Å². The van der Waals surface area contributed by atoms with Crippen molar-refractivity contribution in [1.82, 2.24) is 5.32 Å². The molecule has 0 heterocycles. The topological polar surface area (TPSA) is 74.5 Å². The van der Waals surface area contributed by atoms with Crippen molar-refractivity contribution in [2.75, 3.05) is 20.8 Å². The van der Waals surface area contributed by atoms with Crippen LogP contribution in [0.5, 0.6) is 11.5 Å². The van der Waals surface area contributed by atoms with E-state index in [1.54, 1.807) is 38.5 Å². The predicted octanol–water partition coefficient (Wildman–Crippen LogP) is 2.96. The van der Waals surface area contributed by atoms with Crippen LogP contribution in [0.25, 0.3) is 0 Å². The molecule has 2 aromatic carbocycles. The van der Waals surface area contributed by atoms with Gasteiger partial charge in [0.1, 0.15) is 11.5 Å². The number of benzene rings is 2. The highest BCUT2D eigenvalue weighted by Gasteiger charge is 2.15. The van der Waals surface area contributed by atoms with E-state index in [0.717, 1.165) is 22.6 Å². The second kappa shape index (κ2) is 8.34. The molecule has 0 aliphatic carbocycles. The fourth-order valence-corrected chi connectivity index (χ4v) is 2.47. The van der Waals surface area contributed by atoms with Crippen molar-refractivity contribution in [3.05, 3.63) is 59.2 Å². The van der Waals surface area contributed by atoms with Crippen molar-refractivity contribution < 1.29 is 14.6 Å². The number of hydrogen-bond acceptors (Lipinski definition) is 5. The zero-order chi connectivity index (χ0) is 17.5. The van der Waals surface area contributed by atoms with Gasteiger partial charge in [-0.25, -0.2) is 0 Å². The summed E-state index contributed by atoms with van der Waals surface area (Å²) < 4.78 is 10.7. The minimum absolute atomic E-state index is 0.0249. The molecular formula is C19H22N2O3. The minimum atomic E-state index is -0.656. The van der Waals surface area contributed by atoms with Gasteiger partial charge in [-0.1, -0.05) is 12.1 Å². The molecule has 0 aliphatic heterocycles. The molecule has 2 aromatic rings. The van der Waals surface area contributed by atoms with Gasteiger partial charge in [-0.2, -0.15) is 5.26 Å². The second-order valence-corrected chi connectivity index (χ2v) is 5.49. The number of rotatable bonds is 7. The molecule has 24 heavy (non-hydrogen) atoms. The van der Waals surface area contributed by atoms with Crippen LogP contribution >= 0.6 is 0 Å². The number of nitrogens with zero attached hydrogens (tertiary/aromatic N) is 1. The minimum Gasteiger partial charge on any atom is -0.497 e. The summed E-state index contributed by atoms with van der Waals surface area (Å²) in [5.74, 6) is 1.52. The standard InChI is InChI=1S/C19H22N2O3/c1-13(17-10-16(23-2)8-9-19(17)24-3)21-12-18(22)15-6-4-14(11-20)5-7-15/h4-10,13,18,21-22H,12H2,1-3H3. The Bertz CT molecular complexity index is 708. The largest absolute Gasteiger partial charge is 0.497 e. The summed E-state index contributed by atoms with van der Waals surface area (Å²) in [5, 5.41) is 22.4. The number of nitriles is 1. The SMILES string of the molecule is COc1ccc(OC)c(C(C)NCC(O)c2ccc(C#N)cc2)c1. The third-order valence-electron chi connectivity index (χ3n) is 3.95. The van der Waals surface area contributed by atoms with Gasteiger partial charge < -0.3 is 19.9 Å². The first-order chi connectivity index (χ1) is 11.6. The highest BCUT2D eigenvalue weighted by Crippen LogP contribution is 2.29. The van der Waals surface area contributed by atoms with Gasteiger partial charge in [0.05, 0.1) is 32.0 Å². The monoisotopic (exact) mass is 326 g/mol. The Labute approximate surface area is 142 Å². The molecule has 0 bridgehead atoms. The van der Waals surface area contributed by atoms with E-state index >= 15 is 0 Å². The van der Waals surface area contributed by atoms with Gasteiger partial charge in [0.2, 0.25) is 0 Å². The average molecular weight is 326 g/mol. The van der Waals surface area contributed by atoms with E-state index in [0.29, 0.717) is 12.1 Å². The van der Waals surface area contributed by atoms with Crippen LogP contribution in [0.4, 0.5) is 0 Å². The summed E-state index contributed by atoms with van der Waals surface area (Å²) in [4.78, 5) is 0. The molecule has 0 fully saturated rings. The van der Waals surface area contributed by atoms with Gasteiger partial charge in [0.15, 0.2) is 0 Å². The van der Waals surface area contributed by atoms with Crippen LogP contribution in [0.15, 0.2) is 42.5 Å². The molecule has 0 aliphatic rings. The quantitative estimate of drug-likeness (QED) is 0.818. The van der Waals surface area contributed by atoms with Gasteiger partial charge in [-0.15, -0.1) is 0 Å². The van der Waals surface area contributed by atoms with Crippen LogP contribution in [0, 0.1) is 11.3 Å². The van der Waals surface area contributed by atoms with Gasteiger partial charge in [-0.05, 0) is 42.8 Å². The van der Waals surface area contributed by atoms with E-state index in [2.05, 4.69) is 11.4 Å². The molecule has 0 saturated heterocycles. The first-order valence-corrected chi connectivity index (χ1v) is 7.72. The summed E-state index contributed by atoms with van der Waals surface area (Å²) in [6.45, 7) is 2.39. The van der Waals surface area contributed by atoms with Crippen LogP contribution in [-0.2, 0) is 0 Å². The number of aliphatic hydroxyl groups is 1. The normalized spacial score (nSPS) is 13.0. The van der Waals surface area contributed by atoms with Gasteiger partial charge in [-0.3, -0.25) is 0 Å². The summed E-state index contributed by atoms with van der Waals surface area (Å²) in [7, 11) is 3.25. The predicted molar refractivity (Wildman–Crippen MR) is 92.1 cm³/mol. The molecule has 0 saturated carbocycles. The zero-order valence-corrected chi connectivity index (χ0v) is 14.1. The average Bonchev–Trinajstić information content (AvgIpc) is 2.65. The first-order valence-electron chi connectivity index (χ1n) is 7.72. The van der Waals surface area contributed by atoms with Crippen molar-refractivity contribution in [2.45, 2.75) is 19.1 Å². The summed E-state index contributed by atoms with van der Waals surface area (Å²) >= 11 is 0. The molecule has 0 radical (unpaired) electrons. The highest BCUT2D eigenvalue weighted by molar-refractivity contribution is 5.42. The second-order valence-electron chi connectivity index (χ2n) is 5.49. The third-order valence-corrected chi connectivity index (χ3v) is 3.95. The van der Waals surface area contributed by atoms with Crippen molar-refractivity contribution in [2.24, 2.45) is 0 Å². The molecular weight excluding hydrogens is 304 g/mol. The lowest BCUT2D eigenvalue weighted by Crippen LogP contribution is -2.25. The van der Waals surface area contributed by atoms with Gasteiger partial charge in [0.25, 0.3) is 0 Å². The Morgan fingerprint density at radius 1 is 1.12 bits per heavy atom. The van der Waals surface area contributed by atoms with Crippen molar-refractivity contribution in [1.29, 1.82) is 5.26 Å². The third kappa shape index (κ3) is 4.25. The highest BCUT2D eigenvalue weighted by atomic mass is 16.5. The fraction of sp³-hybridized carbons (Fsp3) is 0.316. The lowest BCUT2D eigenvalue weighted by Gasteiger charge is -2.20. The maximum atomic E-state index is 10.3.